The van der Waals surface area contributed by atoms with Crippen molar-refractivity contribution in [2.24, 2.45) is 29.6 Å². The zero-order valence-corrected chi connectivity index (χ0v) is 14.3. The molecule has 6 atom stereocenters. The summed E-state index contributed by atoms with van der Waals surface area (Å²) in [5.41, 5.74) is -0.406. The van der Waals surface area contributed by atoms with Gasteiger partial charge in [0, 0.05) is 11.8 Å². The van der Waals surface area contributed by atoms with Gasteiger partial charge in [-0.3, -0.25) is 9.59 Å². The first-order valence-corrected chi connectivity index (χ1v) is 9.49. The molecule has 3 aliphatic carbocycles. The van der Waals surface area contributed by atoms with Crippen LogP contribution in [-0.2, 0) is 19.1 Å². The van der Waals surface area contributed by atoms with Crippen molar-refractivity contribution in [3.8, 4) is 0 Å². The van der Waals surface area contributed by atoms with Crippen molar-refractivity contribution in [1.29, 1.82) is 0 Å². The minimum atomic E-state index is -0.406. The Hall–Kier alpha value is -1.06. The molecule has 3 saturated carbocycles. The predicted octanol–water partition coefficient (Wildman–Crippen LogP) is 3.48. The van der Waals surface area contributed by atoms with E-state index >= 15 is 0 Å². The van der Waals surface area contributed by atoms with E-state index in [-0.39, 0.29) is 35.8 Å². The van der Waals surface area contributed by atoms with Crippen LogP contribution in [0.25, 0.3) is 0 Å². The van der Waals surface area contributed by atoms with Crippen molar-refractivity contribution >= 4 is 11.9 Å². The fourth-order valence-electron chi connectivity index (χ4n) is 5.86. The Bertz CT molecular complexity index is 505. The fraction of sp³-hybridized carbons (Fsp3) is 0.895. The highest BCUT2D eigenvalue weighted by molar-refractivity contribution is 5.77. The Morgan fingerprint density at radius 1 is 1.30 bits per heavy atom. The fourth-order valence-corrected chi connectivity index (χ4v) is 5.86. The number of hydrogen-bond acceptors (Lipinski definition) is 4. The van der Waals surface area contributed by atoms with Crippen molar-refractivity contribution in [3.05, 3.63) is 0 Å². The molecule has 0 radical (unpaired) electrons. The lowest BCUT2D eigenvalue weighted by Crippen LogP contribution is -2.51. The third kappa shape index (κ3) is 2.24. The minimum absolute atomic E-state index is 0.0124. The van der Waals surface area contributed by atoms with Crippen LogP contribution in [0.3, 0.4) is 0 Å². The first-order chi connectivity index (χ1) is 11.1. The van der Waals surface area contributed by atoms with Gasteiger partial charge in [-0.15, -0.1) is 0 Å². The van der Waals surface area contributed by atoms with E-state index < -0.39 is 5.60 Å². The Morgan fingerprint density at radius 2 is 2.04 bits per heavy atom. The Balaban J connectivity index is 1.64. The van der Waals surface area contributed by atoms with E-state index in [0.717, 1.165) is 44.9 Å². The molecule has 4 fully saturated rings. The molecule has 2 bridgehead atoms. The Morgan fingerprint density at radius 3 is 2.74 bits per heavy atom. The lowest BCUT2D eigenvalue weighted by molar-refractivity contribution is -0.183. The highest BCUT2D eigenvalue weighted by Gasteiger charge is 2.67. The SMILES string of the molecule is CCC(C)C(=O)OC1(C2C3CC4OC(=O)C2C4C3)CCCCC1. The van der Waals surface area contributed by atoms with Gasteiger partial charge < -0.3 is 9.47 Å². The number of carbonyl (C=O) groups is 2. The second-order valence-corrected chi connectivity index (χ2v) is 8.28. The molecule has 23 heavy (non-hydrogen) atoms. The molecular formula is C19H28O4. The molecule has 0 aromatic rings. The first kappa shape index (κ1) is 15.5. The van der Waals surface area contributed by atoms with Crippen LogP contribution in [0.4, 0.5) is 0 Å². The van der Waals surface area contributed by atoms with Crippen LogP contribution < -0.4 is 0 Å². The third-order valence-electron chi connectivity index (χ3n) is 7.11. The molecule has 4 heteroatoms. The maximum absolute atomic E-state index is 12.6. The smallest absolute Gasteiger partial charge is 0.310 e. The lowest BCUT2D eigenvalue weighted by atomic mass is 9.65. The molecule has 0 spiro atoms. The van der Waals surface area contributed by atoms with Crippen LogP contribution in [0, 0.1) is 29.6 Å². The molecule has 1 heterocycles. The van der Waals surface area contributed by atoms with Gasteiger partial charge >= 0.3 is 11.9 Å². The van der Waals surface area contributed by atoms with Crippen LogP contribution in [0.5, 0.6) is 0 Å². The number of esters is 2. The van der Waals surface area contributed by atoms with Crippen molar-refractivity contribution in [3.63, 3.8) is 0 Å². The summed E-state index contributed by atoms with van der Waals surface area (Å²) in [6.07, 6.45) is 8.31. The molecule has 4 nitrogen and oxygen atoms in total. The molecule has 0 aromatic carbocycles. The summed E-state index contributed by atoms with van der Waals surface area (Å²) in [4.78, 5) is 25.0. The predicted molar refractivity (Wildman–Crippen MR) is 84.4 cm³/mol. The van der Waals surface area contributed by atoms with Gasteiger partial charge in [0.2, 0.25) is 0 Å². The van der Waals surface area contributed by atoms with Crippen molar-refractivity contribution in [2.45, 2.75) is 76.9 Å². The zero-order valence-electron chi connectivity index (χ0n) is 14.3. The van der Waals surface area contributed by atoms with Crippen LogP contribution in [-0.4, -0.2) is 23.6 Å². The van der Waals surface area contributed by atoms with Crippen molar-refractivity contribution < 1.29 is 19.1 Å². The average molecular weight is 320 g/mol. The average Bonchev–Trinajstić information content (AvgIpc) is 3.16. The monoisotopic (exact) mass is 320 g/mol. The van der Waals surface area contributed by atoms with Gasteiger partial charge in [0.25, 0.3) is 0 Å². The lowest BCUT2D eigenvalue weighted by Gasteiger charge is -2.46. The van der Waals surface area contributed by atoms with E-state index in [2.05, 4.69) is 0 Å². The molecular weight excluding hydrogens is 292 g/mol. The molecule has 1 saturated heterocycles. The van der Waals surface area contributed by atoms with Gasteiger partial charge in [-0.2, -0.15) is 0 Å². The highest BCUT2D eigenvalue weighted by Crippen LogP contribution is 2.63. The summed E-state index contributed by atoms with van der Waals surface area (Å²) in [7, 11) is 0. The zero-order chi connectivity index (χ0) is 16.2. The second kappa shape index (κ2) is 5.49. The number of hydrogen-bond donors (Lipinski definition) is 0. The van der Waals surface area contributed by atoms with Gasteiger partial charge in [0.05, 0.1) is 11.8 Å². The van der Waals surface area contributed by atoms with Crippen LogP contribution in [0.1, 0.15) is 65.2 Å². The van der Waals surface area contributed by atoms with E-state index in [9.17, 15) is 9.59 Å². The van der Waals surface area contributed by atoms with E-state index in [4.69, 9.17) is 9.47 Å². The van der Waals surface area contributed by atoms with Gasteiger partial charge in [-0.05, 0) is 50.9 Å². The number of carbonyl (C=O) groups excluding carboxylic acids is 2. The van der Waals surface area contributed by atoms with Gasteiger partial charge in [0.1, 0.15) is 11.7 Å². The van der Waals surface area contributed by atoms with Gasteiger partial charge in [0.15, 0.2) is 0 Å². The van der Waals surface area contributed by atoms with Crippen LogP contribution >= 0.6 is 0 Å². The van der Waals surface area contributed by atoms with Crippen LogP contribution in [0.2, 0.25) is 0 Å². The summed E-state index contributed by atoms with van der Waals surface area (Å²) in [6, 6.07) is 0. The largest absolute Gasteiger partial charge is 0.462 e. The summed E-state index contributed by atoms with van der Waals surface area (Å²) in [5.74, 6) is 0.932. The molecule has 128 valence electrons. The molecule has 4 aliphatic rings. The third-order valence-corrected chi connectivity index (χ3v) is 7.11. The number of rotatable bonds is 4. The van der Waals surface area contributed by atoms with E-state index in [1.54, 1.807) is 0 Å². The van der Waals surface area contributed by atoms with E-state index in [1.165, 1.54) is 6.42 Å². The summed E-state index contributed by atoms with van der Waals surface area (Å²) in [6.45, 7) is 3.97. The van der Waals surface area contributed by atoms with Crippen molar-refractivity contribution in [2.75, 3.05) is 0 Å². The topological polar surface area (TPSA) is 52.6 Å². The van der Waals surface area contributed by atoms with Gasteiger partial charge in [-0.25, -0.2) is 0 Å². The summed E-state index contributed by atoms with van der Waals surface area (Å²) < 4.78 is 11.8. The minimum Gasteiger partial charge on any atom is -0.462 e. The molecule has 0 aromatic heterocycles. The Labute approximate surface area is 138 Å². The van der Waals surface area contributed by atoms with Gasteiger partial charge in [-0.1, -0.05) is 20.3 Å². The normalized spacial score (nSPS) is 41.7. The van der Waals surface area contributed by atoms with Crippen LogP contribution in [0.15, 0.2) is 0 Å². The van der Waals surface area contributed by atoms with Crippen molar-refractivity contribution in [1.82, 2.24) is 0 Å². The quantitative estimate of drug-likeness (QED) is 0.744. The molecule has 4 rings (SSSR count). The number of ether oxygens (including phenoxy) is 2. The summed E-state index contributed by atoms with van der Waals surface area (Å²) >= 11 is 0. The van der Waals surface area contributed by atoms with E-state index in [1.807, 2.05) is 13.8 Å². The Kier molecular flexibility index (Phi) is 3.69. The summed E-state index contributed by atoms with van der Waals surface area (Å²) in [5, 5.41) is 0. The standard InChI is InChI=1S/C19H28O4/c1-3-11(2)17(20)23-19(7-5-4-6-8-19)16-12-9-13-14(10-12)22-18(21)15(13)16/h11-16H,3-10H2,1-2H3. The number of fused-ring (bicyclic) bond motifs is 1. The molecule has 6 unspecified atom stereocenters. The second-order valence-electron chi connectivity index (χ2n) is 8.28. The molecule has 0 amide bonds. The highest BCUT2D eigenvalue weighted by atomic mass is 16.6. The van der Waals surface area contributed by atoms with E-state index in [0.29, 0.717) is 11.8 Å². The maximum atomic E-state index is 12.6. The molecule has 0 N–H and O–H groups in total. The maximum Gasteiger partial charge on any atom is 0.310 e. The first-order valence-electron chi connectivity index (χ1n) is 9.49. The molecule has 1 aliphatic heterocycles.